The van der Waals surface area contributed by atoms with Gasteiger partial charge in [0.15, 0.2) is 0 Å². The molecule has 3 heteroatoms. The highest BCUT2D eigenvalue weighted by molar-refractivity contribution is 6.04. The van der Waals surface area contributed by atoms with Crippen LogP contribution in [0.3, 0.4) is 0 Å². The molecule has 0 aromatic heterocycles. The standard InChI is InChI=1S/C6H7NO2/c1-4-2-5(8)7-6(9)3-4/h2H,3H2,1H3,(H,7,8,9). The highest BCUT2D eigenvalue weighted by Gasteiger charge is 2.11. The lowest BCUT2D eigenvalue weighted by Crippen LogP contribution is -2.32. The highest BCUT2D eigenvalue weighted by Crippen LogP contribution is 2.02. The van der Waals surface area contributed by atoms with Gasteiger partial charge in [-0.25, -0.2) is 0 Å². The van der Waals surface area contributed by atoms with Crippen LogP contribution in [0.4, 0.5) is 0 Å². The average molecular weight is 125 g/mol. The van der Waals surface area contributed by atoms with E-state index < -0.39 is 0 Å². The van der Waals surface area contributed by atoms with E-state index in [0.717, 1.165) is 5.57 Å². The maximum Gasteiger partial charge on any atom is 0.250 e. The van der Waals surface area contributed by atoms with Gasteiger partial charge in [-0.15, -0.1) is 0 Å². The van der Waals surface area contributed by atoms with Gasteiger partial charge in [0.25, 0.3) is 5.91 Å². The van der Waals surface area contributed by atoms with Crippen LogP contribution in [-0.2, 0) is 9.59 Å². The number of carbonyl (C=O) groups excluding carboxylic acids is 2. The summed E-state index contributed by atoms with van der Waals surface area (Å²) < 4.78 is 0. The Morgan fingerprint density at radius 2 is 2.22 bits per heavy atom. The van der Waals surface area contributed by atoms with Crippen LogP contribution in [-0.4, -0.2) is 11.8 Å². The molecule has 0 aromatic carbocycles. The van der Waals surface area contributed by atoms with Gasteiger partial charge >= 0.3 is 0 Å². The molecule has 3 nitrogen and oxygen atoms in total. The van der Waals surface area contributed by atoms with Gasteiger partial charge in [0, 0.05) is 12.5 Å². The minimum atomic E-state index is -0.302. The summed E-state index contributed by atoms with van der Waals surface area (Å²) in [7, 11) is 0. The summed E-state index contributed by atoms with van der Waals surface area (Å²) in [6, 6.07) is 0. The maximum absolute atomic E-state index is 10.5. The molecule has 0 fully saturated rings. The van der Waals surface area contributed by atoms with Crippen LogP contribution in [0.5, 0.6) is 0 Å². The predicted octanol–water partition coefficient (Wildman–Crippen LogP) is -0.0208. The van der Waals surface area contributed by atoms with E-state index >= 15 is 0 Å². The van der Waals surface area contributed by atoms with Crippen molar-refractivity contribution in [2.45, 2.75) is 13.3 Å². The molecule has 1 aliphatic heterocycles. The fourth-order valence-electron chi connectivity index (χ4n) is 0.746. The Morgan fingerprint density at radius 1 is 1.56 bits per heavy atom. The van der Waals surface area contributed by atoms with Crippen LogP contribution < -0.4 is 5.32 Å². The van der Waals surface area contributed by atoms with Crippen molar-refractivity contribution in [3.63, 3.8) is 0 Å². The summed E-state index contributed by atoms with van der Waals surface area (Å²) in [5.74, 6) is -0.510. The van der Waals surface area contributed by atoms with Gasteiger partial charge in [-0.2, -0.15) is 0 Å². The molecule has 0 unspecified atom stereocenters. The van der Waals surface area contributed by atoms with Crippen molar-refractivity contribution in [1.82, 2.24) is 5.32 Å². The maximum atomic E-state index is 10.5. The molecule has 1 heterocycles. The number of amides is 2. The average Bonchev–Trinajstić information content (AvgIpc) is 1.59. The molecule has 0 saturated carbocycles. The molecule has 1 N–H and O–H groups in total. The van der Waals surface area contributed by atoms with Crippen molar-refractivity contribution in [2.24, 2.45) is 0 Å². The lowest BCUT2D eigenvalue weighted by Gasteiger charge is -2.06. The fourth-order valence-corrected chi connectivity index (χ4v) is 0.746. The zero-order valence-electron chi connectivity index (χ0n) is 5.10. The Kier molecular flexibility index (Phi) is 1.34. The molecule has 1 rings (SSSR count). The molecular formula is C6H7NO2. The third-order valence-electron chi connectivity index (χ3n) is 1.08. The van der Waals surface area contributed by atoms with Gasteiger partial charge in [-0.1, -0.05) is 5.57 Å². The lowest BCUT2D eigenvalue weighted by atomic mass is 10.1. The molecule has 0 atom stereocenters. The fraction of sp³-hybridized carbons (Fsp3) is 0.333. The third-order valence-corrected chi connectivity index (χ3v) is 1.08. The monoisotopic (exact) mass is 125 g/mol. The van der Waals surface area contributed by atoms with Crippen LogP contribution in [0.15, 0.2) is 11.6 Å². The summed E-state index contributed by atoms with van der Waals surface area (Å²) in [6.45, 7) is 1.76. The molecule has 9 heavy (non-hydrogen) atoms. The van der Waals surface area contributed by atoms with E-state index in [1.54, 1.807) is 6.92 Å². The van der Waals surface area contributed by atoms with Crippen LogP contribution in [0.1, 0.15) is 13.3 Å². The van der Waals surface area contributed by atoms with Gasteiger partial charge in [-0.3, -0.25) is 14.9 Å². The van der Waals surface area contributed by atoms with Crippen molar-refractivity contribution in [1.29, 1.82) is 0 Å². The van der Waals surface area contributed by atoms with Gasteiger partial charge in [0.1, 0.15) is 0 Å². The predicted molar refractivity (Wildman–Crippen MR) is 31.5 cm³/mol. The molecule has 0 saturated heterocycles. The molecule has 0 spiro atoms. The first kappa shape index (κ1) is 6.01. The first-order chi connectivity index (χ1) is 4.18. The molecule has 0 bridgehead atoms. The number of nitrogens with one attached hydrogen (secondary N) is 1. The van der Waals surface area contributed by atoms with Crippen molar-refractivity contribution >= 4 is 11.8 Å². The number of rotatable bonds is 0. The summed E-state index contributed by atoms with van der Waals surface area (Å²) in [6.07, 6.45) is 1.78. The van der Waals surface area contributed by atoms with E-state index in [4.69, 9.17) is 0 Å². The Morgan fingerprint density at radius 3 is 2.67 bits per heavy atom. The van der Waals surface area contributed by atoms with Crippen molar-refractivity contribution in [3.05, 3.63) is 11.6 Å². The summed E-state index contributed by atoms with van der Waals surface area (Å²) >= 11 is 0. The second-order valence-electron chi connectivity index (χ2n) is 2.08. The summed E-state index contributed by atoms with van der Waals surface area (Å²) in [5, 5.41) is 2.16. The van der Waals surface area contributed by atoms with Gasteiger partial charge < -0.3 is 0 Å². The molecule has 0 aliphatic carbocycles. The van der Waals surface area contributed by atoms with Crippen LogP contribution in [0.25, 0.3) is 0 Å². The summed E-state index contributed by atoms with van der Waals surface area (Å²) in [5.41, 5.74) is 0.823. The van der Waals surface area contributed by atoms with E-state index in [9.17, 15) is 9.59 Å². The zero-order valence-corrected chi connectivity index (χ0v) is 5.10. The minimum absolute atomic E-state index is 0.208. The summed E-state index contributed by atoms with van der Waals surface area (Å²) in [4.78, 5) is 21.0. The minimum Gasteiger partial charge on any atom is -0.293 e. The second-order valence-corrected chi connectivity index (χ2v) is 2.08. The normalized spacial score (nSPS) is 19.0. The molecule has 0 radical (unpaired) electrons. The Bertz CT molecular complexity index is 193. The topological polar surface area (TPSA) is 46.2 Å². The van der Waals surface area contributed by atoms with Crippen molar-refractivity contribution in [2.75, 3.05) is 0 Å². The van der Waals surface area contributed by atoms with E-state index in [-0.39, 0.29) is 11.8 Å². The first-order valence-electron chi connectivity index (χ1n) is 2.69. The van der Waals surface area contributed by atoms with Gasteiger partial charge in [-0.05, 0) is 6.92 Å². The van der Waals surface area contributed by atoms with Crippen LogP contribution >= 0.6 is 0 Å². The number of carbonyl (C=O) groups is 2. The number of hydrogen-bond acceptors (Lipinski definition) is 2. The zero-order chi connectivity index (χ0) is 6.85. The first-order valence-corrected chi connectivity index (χ1v) is 2.69. The number of hydrogen-bond donors (Lipinski definition) is 1. The smallest absolute Gasteiger partial charge is 0.250 e. The van der Waals surface area contributed by atoms with E-state index in [2.05, 4.69) is 5.32 Å². The van der Waals surface area contributed by atoms with Gasteiger partial charge in [0.05, 0.1) is 0 Å². The molecule has 1 aliphatic rings. The Balaban J connectivity index is 2.79. The number of imide groups is 1. The SMILES string of the molecule is CC1=CC(=O)NC(=O)C1. The van der Waals surface area contributed by atoms with Gasteiger partial charge in [0.2, 0.25) is 5.91 Å². The lowest BCUT2D eigenvalue weighted by molar-refractivity contribution is -0.128. The largest absolute Gasteiger partial charge is 0.293 e. The van der Waals surface area contributed by atoms with Crippen molar-refractivity contribution in [3.8, 4) is 0 Å². The van der Waals surface area contributed by atoms with E-state index in [1.165, 1.54) is 6.08 Å². The molecule has 48 valence electrons. The van der Waals surface area contributed by atoms with E-state index in [1.807, 2.05) is 0 Å². The Labute approximate surface area is 52.7 Å². The second kappa shape index (κ2) is 2.01. The molecular weight excluding hydrogens is 118 g/mol. The van der Waals surface area contributed by atoms with Crippen LogP contribution in [0.2, 0.25) is 0 Å². The molecule has 2 amide bonds. The quantitative estimate of drug-likeness (QED) is 0.462. The van der Waals surface area contributed by atoms with E-state index in [0.29, 0.717) is 6.42 Å². The van der Waals surface area contributed by atoms with Crippen LogP contribution in [0, 0.1) is 0 Å². The highest BCUT2D eigenvalue weighted by atomic mass is 16.2. The Hall–Kier alpha value is -1.12. The molecule has 0 aromatic rings. The van der Waals surface area contributed by atoms with Crippen molar-refractivity contribution < 1.29 is 9.59 Å². The third kappa shape index (κ3) is 1.38.